The molecule has 0 fully saturated rings. The van der Waals surface area contributed by atoms with Crippen LogP contribution in [0.5, 0.6) is 0 Å². The van der Waals surface area contributed by atoms with E-state index >= 15 is 0 Å². The highest BCUT2D eigenvalue weighted by Crippen LogP contribution is 2.18. The number of rotatable bonds is 4. The average Bonchev–Trinajstić information content (AvgIpc) is 2.17. The number of aldehydes is 1. The summed E-state index contributed by atoms with van der Waals surface area (Å²) in [5.74, 6) is -0.142. The molecule has 74 valence electrons. The van der Waals surface area contributed by atoms with E-state index in [1.54, 1.807) is 25.2 Å². The van der Waals surface area contributed by atoms with Crippen LogP contribution in [0.15, 0.2) is 18.2 Å². The fraction of sp³-hybridized carbons (Fsp3) is 0.200. The molecule has 1 aromatic carbocycles. The number of likely N-dealkylation sites (N-methyl/N-ethyl adjacent to an activating group) is 1. The van der Waals surface area contributed by atoms with Gasteiger partial charge < -0.3 is 5.32 Å². The predicted octanol–water partition coefficient (Wildman–Crippen LogP) is 1.55. The number of Topliss-reactive ketones (excluding diaryl/α,β-unsaturated/α-hetero) is 1. The van der Waals surface area contributed by atoms with E-state index in [-0.39, 0.29) is 17.9 Å². The molecule has 0 saturated carbocycles. The van der Waals surface area contributed by atoms with Crippen molar-refractivity contribution < 1.29 is 9.59 Å². The summed E-state index contributed by atoms with van der Waals surface area (Å²) in [6.45, 7) is 0.196. The van der Waals surface area contributed by atoms with Gasteiger partial charge in [-0.25, -0.2) is 0 Å². The molecule has 0 aliphatic heterocycles. The molecule has 0 saturated heterocycles. The van der Waals surface area contributed by atoms with Gasteiger partial charge in [-0.3, -0.25) is 9.59 Å². The second-order valence-corrected chi connectivity index (χ2v) is 3.18. The number of benzene rings is 1. The molecule has 4 heteroatoms. The Kier molecular flexibility index (Phi) is 3.80. The van der Waals surface area contributed by atoms with Crippen LogP contribution in [0, 0.1) is 0 Å². The molecule has 1 rings (SSSR count). The van der Waals surface area contributed by atoms with E-state index in [0.717, 1.165) is 0 Å². The first-order chi connectivity index (χ1) is 6.70. The number of carbonyl (C=O) groups excluding carboxylic acids is 2. The van der Waals surface area contributed by atoms with Crippen LogP contribution < -0.4 is 5.32 Å². The Bertz CT molecular complexity index is 363. The lowest BCUT2D eigenvalue weighted by molar-refractivity contribution is 0.0987. The van der Waals surface area contributed by atoms with Crippen LogP contribution in [0.4, 0.5) is 0 Å². The van der Waals surface area contributed by atoms with Gasteiger partial charge in [0.25, 0.3) is 0 Å². The third-order valence-electron chi connectivity index (χ3n) is 1.81. The molecule has 0 atom stereocenters. The molecular formula is C10H10ClNO2. The van der Waals surface area contributed by atoms with Crippen molar-refractivity contribution in [2.75, 3.05) is 13.6 Å². The van der Waals surface area contributed by atoms with Gasteiger partial charge in [0.1, 0.15) is 0 Å². The second kappa shape index (κ2) is 4.88. The van der Waals surface area contributed by atoms with Gasteiger partial charge in [0.15, 0.2) is 12.1 Å². The first kappa shape index (κ1) is 10.9. The summed E-state index contributed by atoms with van der Waals surface area (Å²) in [6.07, 6.45) is 0.602. The van der Waals surface area contributed by atoms with Crippen molar-refractivity contribution in [2.24, 2.45) is 0 Å². The van der Waals surface area contributed by atoms with E-state index < -0.39 is 0 Å². The van der Waals surface area contributed by atoms with Crippen molar-refractivity contribution in [2.45, 2.75) is 0 Å². The molecule has 1 aromatic rings. The fourth-order valence-electron chi connectivity index (χ4n) is 1.16. The van der Waals surface area contributed by atoms with Gasteiger partial charge >= 0.3 is 0 Å². The van der Waals surface area contributed by atoms with Crippen LogP contribution in [0.1, 0.15) is 20.7 Å². The first-order valence-corrected chi connectivity index (χ1v) is 4.50. The van der Waals surface area contributed by atoms with Gasteiger partial charge in [-0.15, -0.1) is 0 Å². The maximum atomic E-state index is 11.5. The standard InChI is InChI=1S/C10H10ClNO2/c1-12-5-10(14)7-3-2-4-9(11)8(7)6-13/h2-4,6,12H,5H2,1H3. The van der Waals surface area contributed by atoms with Crippen molar-refractivity contribution in [3.8, 4) is 0 Å². The maximum Gasteiger partial charge on any atom is 0.177 e. The topological polar surface area (TPSA) is 46.2 Å². The highest BCUT2D eigenvalue weighted by atomic mass is 35.5. The molecule has 3 nitrogen and oxygen atoms in total. The van der Waals surface area contributed by atoms with Gasteiger partial charge in [0.05, 0.1) is 11.6 Å². The third-order valence-corrected chi connectivity index (χ3v) is 2.14. The molecule has 0 aliphatic carbocycles. The molecule has 0 aliphatic rings. The smallest absolute Gasteiger partial charge is 0.177 e. The number of ketones is 1. The molecule has 0 unspecified atom stereocenters. The van der Waals surface area contributed by atoms with Gasteiger partial charge in [-0.05, 0) is 13.1 Å². The van der Waals surface area contributed by atoms with E-state index in [4.69, 9.17) is 11.6 Å². The molecule has 0 spiro atoms. The zero-order chi connectivity index (χ0) is 10.6. The Morgan fingerprint density at radius 3 is 2.86 bits per heavy atom. The monoisotopic (exact) mass is 211 g/mol. The normalized spacial score (nSPS) is 9.86. The summed E-state index contributed by atoms with van der Waals surface area (Å²) >= 11 is 5.77. The number of hydrogen-bond acceptors (Lipinski definition) is 3. The summed E-state index contributed by atoms with van der Waals surface area (Å²) < 4.78 is 0. The molecule has 1 N–H and O–H groups in total. The Balaban J connectivity index is 3.13. The predicted molar refractivity (Wildman–Crippen MR) is 55.1 cm³/mol. The summed E-state index contributed by atoms with van der Waals surface area (Å²) in [7, 11) is 1.67. The number of carbonyl (C=O) groups is 2. The number of halogens is 1. The molecule has 14 heavy (non-hydrogen) atoms. The van der Waals surface area contributed by atoms with Crippen LogP contribution in [0.3, 0.4) is 0 Å². The Hall–Kier alpha value is -1.19. The quantitative estimate of drug-likeness (QED) is 0.607. The van der Waals surface area contributed by atoms with Gasteiger partial charge in [-0.1, -0.05) is 23.7 Å². The minimum atomic E-state index is -0.142. The largest absolute Gasteiger partial charge is 0.313 e. The third kappa shape index (κ3) is 2.19. The van der Waals surface area contributed by atoms with Gasteiger partial charge in [0.2, 0.25) is 0 Å². The van der Waals surface area contributed by atoms with Crippen LogP contribution in [0.25, 0.3) is 0 Å². The minimum absolute atomic E-state index is 0.142. The second-order valence-electron chi connectivity index (χ2n) is 2.77. The fourth-order valence-corrected chi connectivity index (χ4v) is 1.37. The number of hydrogen-bond donors (Lipinski definition) is 1. The van der Waals surface area contributed by atoms with Gasteiger partial charge in [-0.2, -0.15) is 0 Å². The van der Waals surface area contributed by atoms with E-state index in [0.29, 0.717) is 16.9 Å². The first-order valence-electron chi connectivity index (χ1n) is 4.12. The van der Waals surface area contributed by atoms with E-state index in [2.05, 4.69) is 5.32 Å². The van der Waals surface area contributed by atoms with E-state index in [1.807, 2.05) is 0 Å². The lowest BCUT2D eigenvalue weighted by Crippen LogP contribution is -2.19. The highest BCUT2D eigenvalue weighted by Gasteiger charge is 2.12. The van der Waals surface area contributed by atoms with Crippen molar-refractivity contribution in [3.05, 3.63) is 34.3 Å². The maximum absolute atomic E-state index is 11.5. The highest BCUT2D eigenvalue weighted by molar-refractivity contribution is 6.33. The van der Waals surface area contributed by atoms with Crippen molar-refractivity contribution in [1.29, 1.82) is 0 Å². The zero-order valence-corrected chi connectivity index (χ0v) is 8.47. The summed E-state index contributed by atoms with van der Waals surface area (Å²) in [5.41, 5.74) is 0.622. The molecule has 0 bridgehead atoms. The van der Waals surface area contributed by atoms with Crippen LogP contribution in [-0.2, 0) is 0 Å². The average molecular weight is 212 g/mol. The zero-order valence-electron chi connectivity index (χ0n) is 7.71. The summed E-state index contributed by atoms with van der Waals surface area (Å²) in [5, 5.41) is 3.04. The molecule has 0 heterocycles. The van der Waals surface area contributed by atoms with Crippen molar-refractivity contribution in [1.82, 2.24) is 5.32 Å². The SMILES string of the molecule is CNCC(=O)c1cccc(Cl)c1C=O. The molecular weight excluding hydrogens is 202 g/mol. The Morgan fingerprint density at radius 2 is 2.29 bits per heavy atom. The molecule has 0 radical (unpaired) electrons. The van der Waals surface area contributed by atoms with Crippen molar-refractivity contribution >= 4 is 23.7 Å². The van der Waals surface area contributed by atoms with Crippen LogP contribution in [0.2, 0.25) is 5.02 Å². The lowest BCUT2D eigenvalue weighted by atomic mass is 10.0. The summed E-state index contributed by atoms with van der Waals surface area (Å²) in [6, 6.07) is 4.83. The lowest BCUT2D eigenvalue weighted by Gasteiger charge is -2.04. The Morgan fingerprint density at radius 1 is 1.57 bits per heavy atom. The van der Waals surface area contributed by atoms with Crippen LogP contribution in [-0.4, -0.2) is 25.7 Å². The molecule has 0 amide bonds. The van der Waals surface area contributed by atoms with Gasteiger partial charge in [0, 0.05) is 11.1 Å². The molecule has 0 aromatic heterocycles. The van der Waals surface area contributed by atoms with Crippen LogP contribution >= 0.6 is 11.6 Å². The Labute approximate surface area is 87.1 Å². The van der Waals surface area contributed by atoms with E-state index in [9.17, 15) is 9.59 Å². The van der Waals surface area contributed by atoms with Crippen molar-refractivity contribution in [3.63, 3.8) is 0 Å². The number of nitrogens with one attached hydrogen (secondary N) is 1. The summed E-state index contributed by atoms with van der Waals surface area (Å²) in [4.78, 5) is 22.2. The minimum Gasteiger partial charge on any atom is -0.313 e. The van der Waals surface area contributed by atoms with E-state index in [1.165, 1.54) is 0 Å².